The Morgan fingerprint density at radius 2 is 1.85 bits per heavy atom. The first kappa shape index (κ1) is 18.2. The number of nitrogens with zero attached hydrogens (tertiary/aromatic N) is 3. The van der Waals surface area contributed by atoms with E-state index in [1.165, 1.54) is 21.9 Å². The van der Waals surface area contributed by atoms with E-state index in [1.54, 1.807) is 12.1 Å². The molecule has 8 heteroatoms. The van der Waals surface area contributed by atoms with Gasteiger partial charge in [0, 0.05) is 44.8 Å². The molecule has 0 radical (unpaired) electrons. The minimum Gasteiger partial charge on any atom is -0.354 e. The van der Waals surface area contributed by atoms with E-state index in [0.29, 0.717) is 44.7 Å². The van der Waals surface area contributed by atoms with Crippen molar-refractivity contribution in [2.24, 2.45) is 0 Å². The van der Waals surface area contributed by atoms with Crippen LogP contribution in [-0.2, 0) is 9.59 Å². The van der Waals surface area contributed by atoms with E-state index >= 15 is 0 Å². The molecule has 0 bridgehead atoms. The highest BCUT2D eigenvalue weighted by Gasteiger charge is 2.30. The number of carbonyl (C=O) groups is 3. The lowest BCUT2D eigenvalue weighted by Gasteiger charge is -2.19. The Kier molecular flexibility index (Phi) is 5.70. The summed E-state index contributed by atoms with van der Waals surface area (Å²) in [5, 5.41) is 2.79. The van der Waals surface area contributed by atoms with Crippen molar-refractivity contribution in [2.45, 2.75) is 19.3 Å². The first-order valence-corrected chi connectivity index (χ1v) is 8.91. The fourth-order valence-electron chi connectivity index (χ4n) is 3.26. The van der Waals surface area contributed by atoms with E-state index < -0.39 is 0 Å². The molecule has 2 aliphatic rings. The zero-order valence-electron chi connectivity index (χ0n) is 14.6. The van der Waals surface area contributed by atoms with E-state index in [9.17, 15) is 18.8 Å². The van der Waals surface area contributed by atoms with Crippen LogP contribution in [0.2, 0.25) is 0 Å². The second-order valence-corrected chi connectivity index (χ2v) is 6.52. The monoisotopic (exact) mass is 362 g/mol. The zero-order valence-corrected chi connectivity index (χ0v) is 14.6. The predicted molar refractivity (Wildman–Crippen MR) is 94.2 cm³/mol. The van der Waals surface area contributed by atoms with Crippen molar-refractivity contribution < 1.29 is 18.8 Å². The predicted octanol–water partition coefficient (Wildman–Crippen LogP) is 1.20. The Hall–Kier alpha value is -2.64. The molecule has 0 aromatic heterocycles. The normalized spacial score (nSPS) is 17.3. The third-order valence-electron chi connectivity index (χ3n) is 4.67. The highest BCUT2D eigenvalue weighted by molar-refractivity contribution is 5.96. The Bertz CT molecular complexity index is 680. The zero-order chi connectivity index (χ0) is 18.5. The number of carbonyl (C=O) groups excluding carboxylic acids is 3. The van der Waals surface area contributed by atoms with Gasteiger partial charge >= 0.3 is 6.03 Å². The average molecular weight is 362 g/mol. The first-order chi connectivity index (χ1) is 12.5. The van der Waals surface area contributed by atoms with Crippen molar-refractivity contribution in [1.82, 2.24) is 15.1 Å². The largest absolute Gasteiger partial charge is 0.354 e. The molecule has 2 saturated heterocycles. The van der Waals surface area contributed by atoms with Crippen LogP contribution in [0, 0.1) is 5.82 Å². The maximum atomic E-state index is 13.0. The van der Waals surface area contributed by atoms with Crippen molar-refractivity contribution in [3.63, 3.8) is 0 Å². The van der Waals surface area contributed by atoms with Gasteiger partial charge in [-0.1, -0.05) is 0 Å². The molecule has 0 unspecified atom stereocenters. The first-order valence-electron chi connectivity index (χ1n) is 8.91. The molecule has 0 saturated carbocycles. The molecule has 140 valence electrons. The van der Waals surface area contributed by atoms with Gasteiger partial charge in [0.25, 0.3) is 0 Å². The summed E-state index contributed by atoms with van der Waals surface area (Å²) in [6.45, 7) is 2.85. The summed E-state index contributed by atoms with van der Waals surface area (Å²) in [5.41, 5.74) is 0.620. The van der Waals surface area contributed by atoms with E-state index in [1.807, 2.05) is 4.90 Å². The van der Waals surface area contributed by atoms with Gasteiger partial charge in [0.1, 0.15) is 12.4 Å². The topological polar surface area (TPSA) is 73.0 Å². The van der Waals surface area contributed by atoms with Crippen molar-refractivity contribution in [3.8, 4) is 0 Å². The van der Waals surface area contributed by atoms with Crippen molar-refractivity contribution in [1.29, 1.82) is 0 Å². The van der Waals surface area contributed by atoms with Gasteiger partial charge in [-0.2, -0.15) is 0 Å². The van der Waals surface area contributed by atoms with Gasteiger partial charge in [-0.25, -0.2) is 9.18 Å². The molecular weight excluding hydrogens is 339 g/mol. The van der Waals surface area contributed by atoms with Gasteiger partial charge in [-0.05, 0) is 37.1 Å². The minimum atomic E-state index is -0.354. The quantitative estimate of drug-likeness (QED) is 0.741. The molecule has 2 fully saturated rings. The fourth-order valence-corrected chi connectivity index (χ4v) is 3.26. The van der Waals surface area contributed by atoms with Gasteiger partial charge in [0.05, 0.1) is 0 Å². The maximum absolute atomic E-state index is 13.0. The lowest BCUT2D eigenvalue weighted by atomic mass is 10.3. The Labute approximate surface area is 151 Å². The summed E-state index contributed by atoms with van der Waals surface area (Å²) in [5.74, 6) is -0.390. The second-order valence-electron chi connectivity index (χ2n) is 6.52. The Morgan fingerprint density at radius 1 is 1.08 bits per heavy atom. The molecule has 0 atom stereocenters. The molecule has 1 N–H and O–H groups in total. The highest BCUT2D eigenvalue weighted by Crippen LogP contribution is 2.20. The number of anilines is 1. The SMILES string of the molecule is O=C(CN1CCN(c2ccc(F)cc2)C1=O)NCCCN1CCCC1=O. The molecule has 7 nitrogen and oxygen atoms in total. The van der Waals surface area contributed by atoms with E-state index in [2.05, 4.69) is 5.32 Å². The van der Waals surface area contributed by atoms with Crippen molar-refractivity contribution in [3.05, 3.63) is 30.1 Å². The van der Waals surface area contributed by atoms with Crippen molar-refractivity contribution in [2.75, 3.05) is 44.2 Å². The molecule has 26 heavy (non-hydrogen) atoms. The number of nitrogens with one attached hydrogen (secondary N) is 1. The van der Waals surface area contributed by atoms with Crippen molar-refractivity contribution >= 4 is 23.5 Å². The van der Waals surface area contributed by atoms with Crippen LogP contribution in [0.25, 0.3) is 0 Å². The van der Waals surface area contributed by atoms with Gasteiger partial charge in [-0.15, -0.1) is 0 Å². The number of rotatable bonds is 7. The molecule has 1 aromatic rings. The molecule has 2 heterocycles. The third-order valence-corrected chi connectivity index (χ3v) is 4.67. The van der Waals surface area contributed by atoms with Crippen LogP contribution in [0.1, 0.15) is 19.3 Å². The summed E-state index contributed by atoms with van der Waals surface area (Å²) in [4.78, 5) is 40.8. The number of hydrogen-bond acceptors (Lipinski definition) is 3. The van der Waals surface area contributed by atoms with Crippen LogP contribution < -0.4 is 10.2 Å². The van der Waals surface area contributed by atoms with Crippen LogP contribution in [0.15, 0.2) is 24.3 Å². The van der Waals surface area contributed by atoms with E-state index in [-0.39, 0.29) is 30.2 Å². The fraction of sp³-hybridized carbons (Fsp3) is 0.500. The molecule has 4 amide bonds. The van der Waals surface area contributed by atoms with Crippen LogP contribution >= 0.6 is 0 Å². The van der Waals surface area contributed by atoms with Crippen LogP contribution in [0.3, 0.4) is 0 Å². The smallest absolute Gasteiger partial charge is 0.325 e. The van der Waals surface area contributed by atoms with Gasteiger partial charge in [-0.3, -0.25) is 14.5 Å². The molecular formula is C18H23FN4O3. The third kappa shape index (κ3) is 4.30. The number of halogens is 1. The number of benzene rings is 1. The number of likely N-dealkylation sites (tertiary alicyclic amines) is 1. The summed E-state index contributed by atoms with van der Waals surface area (Å²) in [7, 11) is 0. The number of hydrogen-bond donors (Lipinski definition) is 1. The van der Waals surface area contributed by atoms with E-state index in [4.69, 9.17) is 0 Å². The van der Waals surface area contributed by atoms with E-state index in [0.717, 1.165) is 13.0 Å². The molecule has 0 aliphatic carbocycles. The van der Waals surface area contributed by atoms with Crippen LogP contribution in [0.4, 0.5) is 14.9 Å². The van der Waals surface area contributed by atoms with Crippen LogP contribution in [0.5, 0.6) is 0 Å². The molecule has 3 rings (SSSR count). The lowest BCUT2D eigenvalue weighted by Crippen LogP contribution is -2.40. The van der Waals surface area contributed by atoms with Crippen LogP contribution in [-0.4, -0.2) is 66.9 Å². The summed E-state index contributed by atoms with van der Waals surface area (Å²) in [6, 6.07) is 5.47. The molecule has 0 spiro atoms. The number of urea groups is 1. The van der Waals surface area contributed by atoms with Gasteiger partial charge < -0.3 is 15.1 Å². The Morgan fingerprint density at radius 3 is 2.54 bits per heavy atom. The highest BCUT2D eigenvalue weighted by atomic mass is 19.1. The summed E-state index contributed by atoms with van der Waals surface area (Å²) < 4.78 is 13.0. The maximum Gasteiger partial charge on any atom is 0.325 e. The number of amides is 4. The minimum absolute atomic E-state index is 0.000821. The molecule has 2 aliphatic heterocycles. The summed E-state index contributed by atoms with van der Waals surface area (Å²) >= 11 is 0. The Balaban J connectivity index is 1.39. The second kappa shape index (κ2) is 8.16. The summed E-state index contributed by atoms with van der Waals surface area (Å²) in [6.07, 6.45) is 2.23. The average Bonchev–Trinajstić information content (AvgIpc) is 3.19. The molecule has 1 aromatic carbocycles. The van der Waals surface area contributed by atoms with Gasteiger partial charge in [0.2, 0.25) is 11.8 Å². The standard InChI is InChI=1S/C18H23FN4O3/c19-14-4-6-15(7-5-14)23-12-11-22(18(23)26)13-16(24)20-8-2-10-21-9-1-3-17(21)25/h4-7H,1-3,8-13H2,(H,20,24). The van der Waals surface area contributed by atoms with Gasteiger partial charge in [0.15, 0.2) is 0 Å². The lowest BCUT2D eigenvalue weighted by molar-refractivity contribution is -0.127.